The maximum Gasteiger partial charge on any atom is 0.160 e. The Kier molecular flexibility index (Phi) is 6.09. The molecule has 0 unspecified atom stereocenters. The molecule has 24 heavy (non-hydrogen) atoms. The lowest BCUT2D eigenvalue weighted by molar-refractivity contribution is 0.112. The third-order valence-corrected chi connectivity index (χ3v) is 4.91. The number of carbonyl (C=O) groups excluding carboxylic acids is 1. The fourth-order valence-corrected chi connectivity index (χ4v) is 3.48. The molecule has 0 bridgehead atoms. The lowest BCUT2D eigenvalue weighted by Crippen LogP contribution is -2.13. The van der Waals surface area contributed by atoms with Gasteiger partial charge in [0.15, 0.2) is 6.29 Å². The predicted molar refractivity (Wildman–Crippen MR) is 103 cm³/mol. The number of aromatic nitrogens is 1. The highest BCUT2D eigenvalue weighted by molar-refractivity contribution is 7.20. The number of pyridine rings is 1. The van der Waals surface area contributed by atoms with Crippen molar-refractivity contribution in [2.45, 2.75) is 26.8 Å². The van der Waals surface area contributed by atoms with Gasteiger partial charge in [0.2, 0.25) is 0 Å². The number of nitrogens with zero attached hydrogens (tertiary/aromatic N) is 4. The number of carbonyl (C=O) groups is 1. The Morgan fingerprint density at radius 1 is 1.38 bits per heavy atom. The molecule has 0 aromatic carbocycles. The van der Waals surface area contributed by atoms with Crippen molar-refractivity contribution in [1.82, 2.24) is 9.88 Å². The summed E-state index contributed by atoms with van der Waals surface area (Å²) in [7, 11) is 5.96. The van der Waals surface area contributed by atoms with Crippen LogP contribution in [0.4, 0.5) is 5.69 Å². The van der Waals surface area contributed by atoms with Gasteiger partial charge in [0.05, 0.1) is 17.8 Å². The van der Waals surface area contributed by atoms with E-state index in [-0.39, 0.29) is 0 Å². The average Bonchev–Trinajstić information content (AvgIpc) is 2.92. The molecule has 2 aromatic heterocycles. The van der Waals surface area contributed by atoms with E-state index in [2.05, 4.69) is 29.9 Å². The summed E-state index contributed by atoms with van der Waals surface area (Å²) in [6, 6.07) is 1.97. The number of thiophene rings is 1. The van der Waals surface area contributed by atoms with Gasteiger partial charge in [0, 0.05) is 49.7 Å². The summed E-state index contributed by atoms with van der Waals surface area (Å²) in [4.78, 5) is 26.0. The van der Waals surface area contributed by atoms with E-state index in [0.29, 0.717) is 11.4 Å². The third kappa shape index (κ3) is 3.82. The second-order valence-corrected chi connectivity index (χ2v) is 6.82. The van der Waals surface area contributed by atoms with Crippen molar-refractivity contribution < 1.29 is 4.79 Å². The molecule has 0 amide bonds. The highest BCUT2D eigenvalue weighted by Crippen LogP contribution is 2.35. The van der Waals surface area contributed by atoms with Crippen LogP contribution in [0.1, 0.15) is 35.5 Å². The Morgan fingerprint density at radius 2 is 2.12 bits per heavy atom. The molecular formula is C18H24N4OS. The van der Waals surface area contributed by atoms with Gasteiger partial charge in [0.25, 0.3) is 0 Å². The van der Waals surface area contributed by atoms with Crippen LogP contribution in [-0.2, 0) is 6.54 Å². The molecule has 0 aliphatic rings. The van der Waals surface area contributed by atoms with E-state index in [4.69, 9.17) is 0 Å². The van der Waals surface area contributed by atoms with E-state index in [0.717, 1.165) is 39.9 Å². The smallest absolute Gasteiger partial charge is 0.160 e. The Morgan fingerprint density at radius 3 is 2.75 bits per heavy atom. The van der Waals surface area contributed by atoms with E-state index >= 15 is 0 Å². The largest absolute Gasteiger partial charge is 0.377 e. The number of aldehydes is 1. The van der Waals surface area contributed by atoms with E-state index in [9.17, 15) is 4.79 Å². The number of hydrogen-bond acceptors (Lipinski definition) is 5. The summed E-state index contributed by atoms with van der Waals surface area (Å²) in [6.45, 7) is 4.63. The van der Waals surface area contributed by atoms with Gasteiger partial charge >= 0.3 is 0 Å². The van der Waals surface area contributed by atoms with Crippen LogP contribution in [0.5, 0.6) is 0 Å². The van der Waals surface area contributed by atoms with Crippen LogP contribution in [0, 0.1) is 0 Å². The van der Waals surface area contributed by atoms with Gasteiger partial charge in [0.1, 0.15) is 4.83 Å². The molecule has 5 nitrogen and oxygen atoms in total. The second kappa shape index (κ2) is 8.06. The van der Waals surface area contributed by atoms with Crippen molar-refractivity contribution in [2.75, 3.05) is 26.0 Å². The molecule has 2 rings (SSSR count). The molecular weight excluding hydrogens is 320 g/mol. The summed E-state index contributed by atoms with van der Waals surface area (Å²) < 4.78 is 0. The normalized spacial score (nSPS) is 12.1. The Balaban J connectivity index is 2.37. The Labute approximate surface area is 147 Å². The molecule has 0 aliphatic heterocycles. The quantitative estimate of drug-likeness (QED) is 0.433. The molecule has 0 aliphatic carbocycles. The number of hydrogen-bond donors (Lipinski definition) is 0. The molecule has 0 spiro atoms. The molecule has 0 radical (unpaired) electrons. The molecule has 2 aromatic rings. The van der Waals surface area contributed by atoms with Crippen molar-refractivity contribution in [2.24, 2.45) is 4.99 Å². The summed E-state index contributed by atoms with van der Waals surface area (Å²) >= 11 is 1.42. The van der Waals surface area contributed by atoms with Crippen LogP contribution < -0.4 is 4.90 Å². The first kappa shape index (κ1) is 18.1. The van der Waals surface area contributed by atoms with E-state index in [1.807, 2.05) is 43.3 Å². The standard InChI is InChI=1S/C18H24N4OS/c1-6-7-13(2)22(5)12-19-10-14-16(11-23)24-18-17(14)15(21(3)4)8-9-20-18/h7-9,11-12H,6,10H2,1-5H3/b13-7+,19-12?. The van der Waals surface area contributed by atoms with Gasteiger partial charge in [-0.1, -0.05) is 13.0 Å². The predicted octanol–water partition coefficient (Wildman–Crippen LogP) is 3.95. The maximum absolute atomic E-state index is 11.5. The molecule has 0 N–H and O–H groups in total. The number of anilines is 1. The summed E-state index contributed by atoms with van der Waals surface area (Å²) in [6.07, 6.45) is 7.64. The lowest BCUT2D eigenvalue weighted by atomic mass is 10.1. The molecule has 0 atom stereocenters. The highest BCUT2D eigenvalue weighted by Gasteiger charge is 2.16. The Hall–Kier alpha value is -2.21. The van der Waals surface area contributed by atoms with E-state index in [1.54, 1.807) is 6.20 Å². The van der Waals surface area contributed by atoms with Gasteiger partial charge in [-0.2, -0.15) is 0 Å². The minimum Gasteiger partial charge on any atom is -0.377 e. The fourth-order valence-electron chi connectivity index (χ4n) is 2.49. The Bertz CT molecular complexity index is 777. The first-order valence-corrected chi connectivity index (χ1v) is 8.73. The maximum atomic E-state index is 11.5. The van der Waals surface area contributed by atoms with Crippen molar-refractivity contribution >= 4 is 39.9 Å². The average molecular weight is 344 g/mol. The van der Waals surface area contributed by atoms with E-state index in [1.165, 1.54) is 11.3 Å². The first-order valence-electron chi connectivity index (χ1n) is 7.92. The van der Waals surface area contributed by atoms with Gasteiger partial charge in [-0.3, -0.25) is 9.79 Å². The zero-order valence-electron chi connectivity index (χ0n) is 14.9. The zero-order chi connectivity index (χ0) is 17.7. The van der Waals surface area contributed by atoms with Crippen LogP contribution in [-0.4, -0.2) is 43.7 Å². The highest BCUT2D eigenvalue weighted by atomic mass is 32.1. The van der Waals surface area contributed by atoms with Gasteiger partial charge < -0.3 is 9.80 Å². The molecule has 0 saturated carbocycles. The first-order chi connectivity index (χ1) is 11.5. The van der Waals surface area contributed by atoms with Crippen LogP contribution in [0.2, 0.25) is 0 Å². The topological polar surface area (TPSA) is 48.8 Å². The number of aliphatic imine (C=N–C) groups is 1. The fraction of sp³-hybridized carbons (Fsp3) is 0.389. The van der Waals surface area contributed by atoms with Crippen LogP contribution in [0.15, 0.2) is 29.0 Å². The lowest BCUT2D eigenvalue weighted by Gasteiger charge is -2.15. The van der Waals surface area contributed by atoms with Crippen molar-refractivity contribution in [3.8, 4) is 0 Å². The molecule has 6 heteroatoms. The monoisotopic (exact) mass is 344 g/mol. The van der Waals surface area contributed by atoms with Gasteiger partial charge in [-0.15, -0.1) is 11.3 Å². The van der Waals surface area contributed by atoms with Crippen LogP contribution >= 0.6 is 11.3 Å². The van der Waals surface area contributed by atoms with Crippen LogP contribution in [0.3, 0.4) is 0 Å². The van der Waals surface area contributed by atoms with Crippen molar-refractivity contribution in [3.63, 3.8) is 0 Å². The number of fused-ring (bicyclic) bond motifs is 1. The SMILES string of the molecule is CC/C=C(\C)N(C)C=NCc1c(C=O)sc2nccc(N(C)C)c12. The molecule has 0 saturated heterocycles. The molecule has 0 fully saturated rings. The third-order valence-electron chi connectivity index (χ3n) is 3.85. The number of allylic oxidation sites excluding steroid dienone is 2. The van der Waals surface area contributed by atoms with Crippen LogP contribution in [0.25, 0.3) is 10.2 Å². The van der Waals surface area contributed by atoms with E-state index < -0.39 is 0 Å². The van der Waals surface area contributed by atoms with Crippen molar-refractivity contribution in [3.05, 3.63) is 34.5 Å². The molecule has 2 heterocycles. The van der Waals surface area contributed by atoms with Crippen molar-refractivity contribution in [1.29, 1.82) is 0 Å². The summed E-state index contributed by atoms with van der Waals surface area (Å²) in [5, 5.41) is 1.02. The molecule has 128 valence electrons. The van der Waals surface area contributed by atoms with Gasteiger partial charge in [-0.05, 0) is 19.4 Å². The number of rotatable bonds is 7. The van der Waals surface area contributed by atoms with Gasteiger partial charge in [-0.25, -0.2) is 4.98 Å². The minimum atomic E-state index is 0.463. The minimum absolute atomic E-state index is 0.463. The summed E-state index contributed by atoms with van der Waals surface area (Å²) in [5.41, 5.74) is 3.16. The second-order valence-electron chi connectivity index (χ2n) is 5.79. The zero-order valence-corrected chi connectivity index (χ0v) is 15.7. The summed E-state index contributed by atoms with van der Waals surface area (Å²) in [5.74, 6) is 0.